The molecular formula is C18H20N2O3S2. The molecule has 3 aromatic heterocycles. The van der Waals surface area contributed by atoms with Crippen LogP contribution in [0.1, 0.15) is 41.2 Å². The lowest BCUT2D eigenvalue weighted by molar-refractivity contribution is -0.122. The Hall–Kier alpha value is -2.12. The molecule has 25 heavy (non-hydrogen) atoms. The fourth-order valence-electron chi connectivity index (χ4n) is 2.85. The Morgan fingerprint density at radius 1 is 1.28 bits per heavy atom. The third-order valence-corrected chi connectivity index (χ3v) is 5.94. The van der Waals surface area contributed by atoms with Gasteiger partial charge in [0, 0.05) is 10.3 Å². The van der Waals surface area contributed by atoms with E-state index in [1.807, 2.05) is 29.0 Å². The van der Waals surface area contributed by atoms with Gasteiger partial charge < -0.3 is 14.6 Å². The highest BCUT2D eigenvalue weighted by Crippen LogP contribution is 2.27. The Kier molecular flexibility index (Phi) is 5.55. The number of aromatic nitrogens is 1. The third-order valence-electron chi connectivity index (χ3n) is 4.00. The highest BCUT2D eigenvalue weighted by atomic mass is 32.1. The maximum atomic E-state index is 12.6. The van der Waals surface area contributed by atoms with Gasteiger partial charge in [-0.05, 0) is 35.4 Å². The Morgan fingerprint density at radius 3 is 2.80 bits per heavy atom. The van der Waals surface area contributed by atoms with Gasteiger partial charge in [0.25, 0.3) is 0 Å². The number of rotatable bonds is 7. The molecule has 3 aromatic rings. The van der Waals surface area contributed by atoms with Crippen molar-refractivity contribution in [3.63, 3.8) is 0 Å². The number of hydrogen-bond donors (Lipinski definition) is 1. The summed E-state index contributed by atoms with van der Waals surface area (Å²) in [4.78, 5) is 26.7. The topological polar surface area (TPSA) is 60.3 Å². The first-order valence-electron chi connectivity index (χ1n) is 8.11. The Morgan fingerprint density at radius 2 is 2.12 bits per heavy atom. The lowest BCUT2D eigenvalue weighted by atomic mass is 10.1. The summed E-state index contributed by atoms with van der Waals surface area (Å²) >= 11 is 3.15. The number of methoxy groups -OCH3 is 1. The van der Waals surface area contributed by atoms with E-state index in [0.29, 0.717) is 5.69 Å². The van der Waals surface area contributed by atoms with Crippen LogP contribution in [0.25, 0.3) is 10.2 Å². The molecule has 0 bridgehead atoms. The van der Waals surface area contributed by atoms with E-state index in [-0.39, 0.29) is 18.5 Å². The van der Waals surface area contributed by atoms with Crippen LogP contribution in [0.3, 0.4) is 0 Å². The Bertz CT molecular complexity index is 864. The van der Waals surface area contributed by atoms with Crippen LogP contribution in [-0.2, 0) is 16.1 Å². The van der Waals surface area contributed by atoms with Crippen molar-refractivity contribution in [1.82, 2.24) is 9.88 Å². The van der Waals surface area contributed by atoms with Gasteiger partial charge in [-0.15, -0.1) is 22.7 Å². The van der Waals surface area contributed by atoms with Crippen LogP contribution in [0.2, 0.25) is 0 Å². The van der Waals surface area contributed by atoms with Gasteiger partial charge in [-0.2, -0.15) is 0 Å². The summed E-state index contributed by atoms with van der Waals surface area (Å²) in [5.41, 5.74) is 0.405. The summed E-state index contributed by atoms with van der Waals surface area (Å²) in [7, 11) is 1.35. The molecule has 0 aliphatic rings. The molecule has 0 radical (unpaired) electrons. The van der Waals surface area contributed by atoms with E-state index in [1.54, 1.807) is 22.0 Å². The van der Waals surface area contributed by atoms with Crippen molar-refractivity contribution in [3.8, 4) is 0 Å². The van der Waals surface area contributed by atoms with Crippen LogP contribution in [0.5, 0.6) is 0 Å². The normalized spacial score (nSPS) is 12.2. The zero-order chi connectivity index (χ0) is 17.8. The van der Waals surface area contributed by atoms with Gasteiger partial charge in [-0.3, -0.25) is 4.79 Å². The van der Waals surface area contributed by atoms with Crippen molar-refractivity contribution in [1.29, 1.82) is 0 Å². The van der Waals surface area contributed by atoms with Crippen LogP contribution < -0.4 is 5.32 Å². The van der Waals surface area contributed by atoms with Crippen LogP contribution in [-0.4, -0.2) is 23.6 Å². The fourth-order valence-corrected chi connectivity index (χ4v) is 4.56. The Balaban J connectivity index is 1.81. The Labute approximate surface area is 154 Å². The van der Waals surface area contributed by atoms with Gasteiger partial charge in [-0.1, -0.05) is 19.4 Å². The lowest BCUT2D eigenvalue weighted by Gasteiger charge is -2.17. The molecule has 0 spiro atoms. The molecule has 132 valence electrons. The third kappa shape index (κ3) is 3.77. The second-order valence-corrected chi connectivity index (χ2v) is 7.59. The first-order chi connectivity index (χ1) is 12.1. The van der Waals surface area contributed by atoms with Crippen molar-refractivity contribution in [2.24, 2.45) is 0 Å². The van der Waals surface area contributed by atoms with Crippen molar-refractivity contribution < 1.29 is 14.3 Å². The number of fused-ring (bicyclic) bond motifs is 1. The molecule has 1 N–H and O–H groups in total. The minimum absolute atomic E-state index is 0.00784. The van der Waals surface area contributed by atoms with Crippen molar-refractivity contribution in [2.45, 2.75) is 32.4 Å². The van der Waals surface area contributed by atoms with E-state index in [4.69, 9.17) is 4.74 Å². The first-order valence-corrected chi connectivity index (χ1v) is 9.87. The van der Waals surface area contributed by atoms with Gasteiger partial charge in [0.1, 0.15) is 17.1 Å². The summed E-state index contributed by atoms with van der Waals surface area (Å²) in [5.74, 6) is -0.539. The van der Waals surface area contributed by atoms with Crippen LogP contribution in [0.4, 0.5) is 0 Å². The van der Waals surface area contributed by atoms with E-state index in [1.165, 1.54) is 18.4 Å². The van der Waals surface area contributed by atoms with Gasteiger partial charge in [0.2, 0.25) is 5.91 Å². The standard InChI is InChI=1S/C18H20N2O3S2/c1-3-5-13(15-6-4-8-24-15)19-16(21)11-20-14(18(22)23-2)10-12-7-9-25-17(12)20/h4,6-10,13H,3,5,11H2,1-2H3,(H,19,21)/t13-/m1/s1. The fraction of sp³-hybridized carbons (Fsp3) is 0.333. The average Bonchev–Trinajstić information content (AvgIpc) is 3.32. The van der Waals surface area contributed by atoms with Gasteiger partial charge in [0.15, 0.2) is 0 Å². The monoisotopic (exact) mass is 376 g/mol. The maximum Gasteiger partial charge on any atom is 0.354 e. The minimum atomic E-state index is -0.431. The summed E-state index contributed by atoms with van der Waals surface area (Å²) in [6, 6.07) is 7.75. The second kappa shape index (κ2) is 7.84. The van der Waals surface area contributed by atoms with Crippen molar-refractivity contribution in [2.75, 3.05) is 7.11 Å². The molecule has 3 heterocycles. The number of carbonyl (C=O) groups excluding carboxylic acids is 2. The van der Waals surface area contributed by atoms with Crippen molar-refractivity contribution >= 4 is 44.8 Å². The van der Waals surface area contributed by atoms with Gasteiger partial charge in [0.05, 0.1) is 13.2 Å². The highest BCUT2D eigenvalue weighted by Gasteiger charge is 2.21. The van der Waals surface area contributed by atoms with E-state index >= 15 is 0 Å². The first kappa shape index (κ1) is 17.7. The minimum Gasteiger partial charge on any atom is -0.464 e. The molecule has 1 atom stereocenters. The highest BCUT2D eigenvalue weighted by molar-refractivity contribution is 7.16. The van der Waals surface area contributed by atoms with Crippen LogP contribution >= 0.6 is 22.7 Å². The zero-order valence-electron chi connectivity index (χ0n) is 14.2. The molecule has 0 aliphatic heterocycles. The number of thiophene rings is 2. The SMILES string of the molecule is CCC[C@@H](NC(=O)Cn1c(C(=O)OC)cc2ccsc21)c1cccs1. The van der Waals surface area contributed by atoms with Gasteiger partial charge >= 0.3 is 5.97 Å². The summed E-state index contributed by atoms with van der Waals surface area (Å²) in [5, 5.41) is 8.01. The predicted molar refractivity (Wildman–Crippen MR) is 101 cm³/mol. The molecule has 3 rings (SSSR count). The predicted octanol–water partition coefficient (Wildman–Crippen LogP) is 4.21. The molecule has 1 amide bonds. The molecule has 0 saturated heterocycles. The number of carbonyl (C=O) groups is 2. The molecule has 7 heteroatoms. The lowest BCUT2D eigenvalue weighted by Crippen LogP contribution is -2.32. The number of ether oxygens (including phenoxy) is 1. The smallest absolute Gasteiger partial charge is 0.354 e. The number of nitrogens with one attached hydrogen (secondary N) is 1. The van der Waals surface area contributed by atoms with E-state index in [0.717, 1.165) is 27.9 Å². The molecule has 0 unspecified atom stereocenters. The van der Waals surface area contributed by atoms with E-state index in [9.17, 15) is 9.59 Å². The molecule has 0 aromatic carbocycles. The molecule has 5 nitrogen and oxygen atoms in total. The largest absolute Gasteiger partial charge is 0.464 e. The van der Waals surface area contributed by atoms with Crippen molar-refractivity contribution in [3.05, 3.63) is 45.6 Å². The molecular weight excluding hydrogens is 356 g/mol. The number of amides is 1. The molecule has 0 saturated carbocycles. The molecule has 0 fully saturated rings. The van der Waals surface area contributed by atoms with E-state index < -0.39 is 5.97 Å². The van der Waals surface area contributed by atoms with Gasteiger partial charge in [-0.25, -0.2) is 4.79 Å². The summed E-state index contributed by atoms with van der Waals surface area (Å²) < 4.78 is 6.59. The number of hydrogen-bond acceptors (Lipinski definition) is 5. The zero-order valence-corrected chi connectivity index (χ0v) is 15.8. The maximum absolute atomic E-state index is 12.6. The summed E-state index contributed by atoms with van der Waals surface area (Å²) in [6.07, 6.45) is 1.87. The molecule has 0 aliphatic carbocycles. The van der Waals surface area contributed by atoms with E-state index in [2.05, 4.69) is 12.2 Å². The number of nitrogens with zero attached hydrogens (tertiary/aromatic N) is 1. The van der Waals surface area contributed by atoms with Crippen LogP contribution in [0.15, 0.2) is 35.0 Å². The van der Waals surface area contributed by atoms with Crippen LogP contribution in [0, 0.1) is 0 Å². The number of esters is 1. The summed E-state index contributed by atoms with van der Waals surface area (Å²) in [6.45, 7) is 2.20. The average molecular weight is 377 g/mol. The second-order valence-electron chi connectivity index (χ2n) is 5.71. The quantitative estimate of drug-likeness (QED) is 0.629.